The van der Waals surface area contributed by atoms with Gasteiger partial charge in [0.25, 0.3) is 5.91 Å². The third-order valence-electron chi connectivity index (χ3n) is 3.15. The number of carbonyl (C=O) groups excluding carboxylic acids is 2. The Morgan fingerprint density at radius 1 is 1.12 bits per heavy atom. The summed E-state index contributed by atoms with van der Waals surface area (Å²) in [4.78, 5) is 24.0. The number of hydrogen-bond acceptors (Lipinski definition) is 8. The van der Waals surface area contributed by atoms with Gasteiger partial charge in [0, 0.05) is 6.07 Å². The number of amides is 1. The molecule has 0 saturated heterocycles. The minimum absolute atomic E-state index is 0.100. The average Bonchev–Trinajstić information content (AvgIpc) is 3.02. The van der Waals surface area contributed by atoms with E-state index in [1.54, 1.807) is 6.92 Å². The van der Waals surface area contributed by atoms with Crippen LogP contribution in [0, 0.1) is 6.92 Å². The van der Waals surface area contributed by atoms with Gasteiger partial charge in [-0.25, -0.2) is 4.79 Å². The Bertz CT molecular complexity index is 770. The highest BCUT2D eigenvalue weighted by Gasteiger charge is 2.22. The molecule has 134 valence electrons. The predicted octanol–water partition coefficient (Wildman–Crippen LogP) is 1.80. The molecular formula is C16H18N2O7. The highest BCUT2D eigenvalue weighted by atomic mass is 16.5. The molecule has 1 N–H and O–H groups in total. The van der Waals surface area contributed by atoms with Crippen LogP contribution in [0.1, 0.15) is 16.1 Å². The van der Waals surface area contributed by atoms with E-state index in [-0.39, 0.29) is 22.9 Å². The molecule has 0 bridgehead atoms. The maximum Gasteiger partial charge on any atom is 0.342 e. The molecule has 0 atom stereocenters. The van der Waals surface area contributed by atoms with Crippen molar-refractivity contribution in [2.75, 3.05) is 33.3 Å². The highest BCUT2D eigenvalue weighted by molar-refractivity contribution is 5.97. The minimum atomic E-state index is -0.748. The first-order valence-electron chi connectivity index (χ1n) is 7.19. The number of nitrogens with one attached hydrogen (secondary N) is 1. The van der Waals surface area contributed by atoms with Crippen LogP contribution in [0.3, 0.4) is 0 Å². The molecule has 9 heteroatoms. The third-order valence-corrected chi connectivity index (χ3v) is 3.15. The van der Waals surface area contributed by atoms with E-state index in [0.29, 0.717) is 11.4 Å². The quantitative estimate of drug-likeness (QED) is 0.753. The lowest BCUT2D eigenvalue weighted by molar-refractivity contribution is -0.119. The zero-order chi connectivity index (χ0) is 18.4. The van der Waals surface area contributed by atoms with Crippen LogP contribution in [0.5, 0.6) is 17.2 Å². The van der Waals surface area contributed by atoms with Gasteiger partial charge in [-0.15, -0.1) is 0 Å². The largest absolute Gasteiger partial charge is 0.493 e. The number of anilines is 1. The van der Waals surface area contributed by atoms with Gasteiger partial charge >= 0.3 is 5.97 Å². The van der Waals surface area contributed by atoms with Gasteiger partial charge in [-0.3, -0.25) is 10.1 Å². The van der Waals surface area contributed by atoms with E-state index in [0.717, 1.165) is 0 Å². The van der Waals surface area contributed by atoms with Crippen LogP contribution in [0.4, 0.5) is 5.88 Å². The zero-order valence-electron chi connectivity index (χ0n) is 14.2. The molecule has 0 unspecified atom stereocenters. The first-order valence-corrected chi connectivity index (χ1v) is 7.19. The number of benzene rings is 1. The predicted molar refractivity (Wildman–Crippen MR) is 86.3 cm³/mol. The Labute approximate surface area is 143 Å². The maximum atomic E-state index is 12.2. The number of rotatable bonds is 7. The second-order valence-electron chi connectivity index (χ2n) is 4.84. The molecule has 0 radical (unpaired) electrons. The Morgan fingerprint density at radius 2 is 1.84 bits per heavy atom. The van der Waals surface area contributed by atoms with Gasteiger partial charge in [-0.2, -0.15) is 0 Å². The Balaban J connectivity index is 2.06. The van der Waals surface area contributed by atoms with Gasteiger partial charge in [-0.1, -0.05) is 5.16 Å². The minimum Gasteiger partial charge on any atom is -0.493 e. The summed E-state index contributed by atoms with van der Waals surface area (Å²) in [7, 11) is 4.26. The van der Waals surface area contributed by atoms with Crippen LogP contribution in [0.2, 0.25) is 0 Å². The highest BCUT2D eigenvalue weighted by Crippen LogP contribution is 2.39. The molecule has 1 aromatic carbocycles. The fourth-order valence-electron chi connectivity index (χ4n) is 2.07. The van der Waals surface area contributed by atoms with E-state index in [2.05, 4.69) is 10.5 Å². The number of methoxy groups -OCH3 is 3. The van der Waals surface area contributed by atoms with Gasteiger partial charge < -0.3 is 23.5 Å². The smallest absolute Gasteiger partial charge is 0.342 e. The molecule has 0 aliphatic heterocycles. The number of aryl methyl sites for hydroxylation is 1. The topological polar surface area (TPSA) is 109 Å². The fourth-order valence-corrected chi connectivity index (χ4v) is 2.07. The van der Waals surface area contributed by atoms with Gasteiger partial charge in [0.1, 0.15) is 5.56 Å². The number of aromatic nitrogens is 1. The second kappa shape index (κ2) is 8.04. The molecule has 2 aromatic rings. The molecular weight excluding hydrogens is 332 g/mol. The molecule has 1 heterocycles. The standard InChI is InChI=1S/C16H18N2O7/c1-9-7-13(25-18-9)17-12(19)8-24-16(20)10-5-6-11(21-2)15(23-4)14(10)22-3/h5-7H,8H2,1-4H3,(H,17,19). The lowest BCUT2D eigenvalue weighted by atomic mass is 10.1. The van der Waals surface area contributed by atoms with Crippen molar-refractivity contribution in [1.82, 2.24) is 5.16 Å². The second-order valence-corrected chi connectivity index (χ2v) is 4.84. The molecule has 0 saturated carbocycles. The van der Waals surface area contributed by atoms with E-state index >= 15 is 0 Å². The monoisotopic (exact) mass is 350 g/mol. The summed E-state index contributed by atoms with van der Waals surface area (Å²) in [6, 6.07) is 4.53. The molecule has 0 spiro atoms. The number of carbonyl (C=O) groups is 2. The Hall–Kier alpha value is -3.23. The van der Waals surface area contributed by atoms with Crippen molar-refractivity contribution in [1.29, 1.82) is 0 Å². The summed E-state index contributed by atoms with van der Waals surface area (Å²) in [5.74, 6) is -0.346. The first kappa shape index (κ1) is 18.1. The third kappa shape index (κ3) is 4.19. The average molecular weight is 350 g/mol. The van der Waals surface area contributed by atoms with Crippen molar-refractivity contribution in [3.8, 4) is 17.2 Å². The van der Waals surface area contributed by atoms with Crippen molar-refractivity contribution < 1.29 is 33.1 Å². The number of ether oxygens (including phenoxy) is 4. The number of nitrogens with zero attached hydrogens (tertiary/aromatic N) is 1. The van der Waals surface area contributed by atoms with Crippen LogP contribution >= 0.6 is 0 Å². The summed E-state index contributed by atoms with van der Waals surface area (Å²) in [6.07, 6.45) is 0. The first-order chi connectivity index (χ1) is 12.0. The molecule has 1 amide bonds. The fraction of sp³-hybridized carbons (Fsp3) is 0.312. The van der Waals surface area contributed by atoms with E-state index in [9.17, 15) is 9.59 Å². The lowest BCUT2D eigenvalue weighted by Gasteiger charge is -2.15. The van der Waals surface area contributed by atoms with Crippen LogP contribution in [-0.2, 0) is 9.53 Å². The summed E-state index contributed by atoms with van der Waals surface area (Å²) in [5.41, 5.74) is 0.714. The summed E-state index contributed by atoms with van der Waals surface area (Å²) in [5, 5.41) is 6.05. The zero-order valence-corrected chi connectivity index (χ0v) is 14.2. The van der Waals surface area contributed by atoms with Crippen molar-refractivity contribution in [2.45, 2.75) is 6.92 Å². The Kier molecular flexibility index (Phi) is 5.83. The summed E-state index contributed by atoms with van der Waals surface area (Å²) < 4.78 is 25.4. The molecule has 2 rings (SSSR count). The molecule has 9 nitrogen and oxygen atoms in total. The number of hydrogen-bond donors (Lipinski definition) is 1. The van der Waals surface area contributed by atoms with Crippen molar-refractivity contribution in [2.24, 2.45) is 0 Å². The van der Waals surface area contributed by atoms with E-state index in [4.69, 9.17) is 23.5 Å². The van der Waals surface area contributed by atoms with E-state index < -0.39 is 18.5 Å². The Morgan fingerprint density at radius 3 is 2.40 bits per heavy atom. The van der Waals surface area contributed by atoms with Crippen molar-refractivity contribution in [3.05, 3.63) is 29.5 Å². The maximum absolute atomic E-state index is 12.2. The molecule has 0 fully saturated rings. The molecule has 25 heavy (non-hydrogen) atoms. The van der Waals surface area contributed by atoms with Crippen LogP contribution in [-0.4, -0.2) is 45.0 Å². The summed E-state index contributed by atoms with van der Waals surface area (Å²) in [6.45, 7) is 1.21. The van der Waals surface area contributed by atoms with Crippen LogP contribution in [0.25, 0.3) is 0 Å². The van der Waals surface area contributed by atoms with Gasteiger partial charge in [0.05, 0.1) is 27.0 Å². The SMILES string of the molecule is COc1ccc(C(=O)OCC(=O)Nc2cc(C)no2)c(OC)c1OC. The van der Waals surface area contributed by atoms with E-state index in [1.807, 2.05) is 0 Å². The van der Waals surface area contributed by atoms with Gasteiger partial charge in [-0.05, 0) is 19.1 Å². The molecule has 0 aliphatic carbocycles. The normalized spacial score (nSPS) is 10.1. The van der Waals surface area contributed by atoms with Gasteiger partial charge in [0.15, 0.2) is 18.1 Å². The van der Waals surface area contributed by atoms with Gasteiger partial charge in [0.2, 0.25) is 11.6 Å². The van der Waals surface area contributed by atoms with E-state index in [1.165, 1.54) is 39.5 Å². The van der Waals surface area contributed by atoms with Crippen molar-refractivity contribution >= 4 is 17.8 Å². The molecule has 1 aromatic heterocycles. The summed E-state index contributed by atoms with van der Waals surface area (Å²) >= 11 is 0. The number of esters is 1. The van der Waals surface area contributed by atoms with Crippen LogP contribution in [0.15, 0.2) is 22.7 Å². The molecule has 0 aliphatic rings. The lowest BCUT2D eigenvalue weighted by Crippen LogP contribution is -2.21. The van der Waals surface area contributed by atoms with Crippen LogP contribution < -0.4 is 19.5 Å². The van der Waals surface area contributed by atoms with Crippen molar-refractivity contribution in [3.63, 3.8) is 0 Å².